The molecule has 7 nitrogen and oxygen atoms in total. The van der Waals surface area contributed by atoms with Crippen LogP contribution in [-0.2, 0) is 6.54 Å². The van der Waals surface area contributed by atoms with Crippen molar-refractivity contribution in [2.75, 3.05) is 0 Å². The minimum atomic E-state index is -0.652. The van der Waals surface area contributed by atoms with E-state index in [9.17, 15) is 14.5 Å². The van der Waals surface area contributed by atoms with Crippen molar-refractivity contribution >= 4 is 5.69 Å². The summed E-state index contributed by atoms with van der Waals surface area (Å²) in [5.41, 5.74) is 4.90. The zero-order valence-corrected chi connectivity index (χ0v) is 8.46. The number of rotatable bonds is 3. The lowest BCUT2D eigenvalue weighted by molar-refractivity contribution is -0.384. The lowest BCUT2D eigenvalue weighted by atomic mass is 10.2. The second kappa shape index (κ2) is 4.26. The molecular formula is C9H7FN4O3. The van der Waals surface area contributed by atoms with E-state index in [0.717, 1.165) is 18.2 Å². The fourth-order valence-electron chi connectivity index (χ4n) is 1.29. The van der Waals surface area contributed by atoms with Gasteiger partial charge < -0.3 is 10.3 Å². The van der Waals surface area contributed by atoms with Gasteiger partial charge in [-0.25, -0.2) is 4.39 Å². The molecule has 0 atom stereocenters. The Bertz CT molecular complexity index is 569. The van der Waals surface area contributed by atoms with Crippen LogP contribution in [0.2, 0.25) is 0 Å². The molecule has 2 rings (SSSR count). The van der Waals surface area contributed by atoms with E-state index in [1.54, 1.807) is 0 Å². The van der Waals surface area contributed by atoms with Crippen LogP contribution in [0.1, 0.15) is 5.82 Å². The van der Waals surface area contributed by atoms with Crippen LogP contribution in [0.5, 0.6) is 0 Å². The van der Waals surface area contributed by atoms with Crippen LogP contribution < -0.4 is 5.73 Å². The van der Waals surface area contributed by atoms with Crippen molar-refractivity contribution in [3.05, 3.63) is 40.0 Å². The summed E-state index contributed by atoms with van der Waals surface area (Å²) in [4.78, 5) is 13.9. The maximum absolute atomic E-state index is 13.0. The van der Waals surface area contributed by atoms with Crippen LogP contribution in [-0.4, -0.2) is 15.1 Å². The van der Waals surface area contributed by atoms with Gasteiger partial charge in [0, 0.05) is 6.07 Å². The first kappa shape index (κ1) is 11.1. The lowest BCUT2D eigenvalue weighted by Crippen LogP contribution is -1.98. The van der Waals surface area contributed by atoms with Crippen LogP contribution in [0.25, 0.3) is 11.5 Å². The summed E-state index contributed by atoms with van der Waals surface area (Å²) in [5, 5.41) is 14.2. The molecule has 0 saturated carbocycles. The number of hydrogen-bond donors (Lipinski definition) is 1. The van der Waals surface area contributed by atoms with E-state index in [0.29, 0.717) is 0 Å². The molecule has 0 unspecified atom stereocenters. The third-order valence-corrected chi connectivity index (χ3v) is 2.04. The number of aromatic nitrogens is 2. The molecule has 0 aliphatic heterocycles. The van der Waals surface area contributed by atoms with Gasteiger partial charge >= 0.3 is 0 Å². The highest BCUT2D eigenvalue weighted by molar-refractivity contribution is 5.66. The van der Waals surface area contributed by atoms with Gasteiger partial charge in [-0.1, -0.05) is 5.16 Å². The van der Waals surface area contributed by atoms with Gasteiger partial charge in [-0.15, -0.1) is 0 Å². The highest BCUT2D eigenvalue weighted by atomic mass is 19.1. The third-order valence-electron chi connectivity index (χ3n) is 2.04. The Morgan fingerprint density at radius 2 is 2.29 bits per heavy atom. The average Bonchev–Trinajstić information content (AvgIpc) is 2.76. The molecule has 0 amide bonds. The Morgan fingerprint density at radius 1 is 1.53 bits per heavy atom. The maximum atomic E-state index is 13.0. The molecule has 0 spiro atoms. The summed E-state index contributed by atoms with van der Waals surface area (Å²) in [6.07, 6.45) is 0. The van der Waals surface area contributed by atoms with E-state index in [2.05, 4.69) is 10.1 Å². The number of hydrogen-bond acceptors (Lipinski definition) is 6. The Labute approximate surface area is 94.2 Å². The van der Waals surface area contributed by atoms with Crippen molar-refractivity contribution in [3.8, 4) is 11.5 Å². The predicted molar refractivity (Wildman–Crippen MR) is 54.2 cm³/mol. The fourth-order valence-corrected chi connectivity index (χ4v) is 1.29. The second-order valence-electron chi connectivity index (χ2n) is 3.14. The summed E-state index contributed by atoms with van der Waals surface area (Å²) in [7, 11) is 0. The Kier molecular flexibility index (Phi) is 2.79. The summed E-state index contributed by atoms with van der Waals surface area (Å²) in [5.74, 6) is -0.562. The number of halogens is 1. The first-order chi connectivity index (χ1) is 8.11. The zero-order valence-electron chi connectivity index (χ0n) is 8.46. The molecule has 1 aromatic carbocycles. The van der Waals surface area contributed by atoms with Crippen molar-refractivity contribution in [3.63, 3.8) is 0 Å². The Balaban J connectivity index is 2.56. The van der Waals surface area contributed by atoms with Gasteiger partial charge in [0.1, 0.15) is 11.4 Å². The van der Waals surface area contributed by atoms with Gasteiger partial charge in [-0.05, 0) is 12.1 Å². The van der Waals surface area contributed by atoms with Crippen LogP contribution in [0, 0.1) is 15.9 Å². The largest absolute Gasteiger partial charge is 0.334 e. The van der Waals surface area contributed by atoms with Crippen LogP contribution in [0.15, 0.2) is 22.7 Å². The standard InChI is InChI=1S/C9H7FN4O3/c10-5-1-2-7(14(15)16)6(3-5)9-12-8(4-11)13-17-9/h1-3H,4,11H2. The SMILES string of the molecule is NCc1noc(-c2cc(F)ccc2[N+](=O)[O-])n1. The van der Waals surface area contributed by atoms with E-state index in [-0.39, 0.29) is 29.5 Å². The van der Waals surface area contributed by atoms with Gasteiger partial charge in [0.25, 0.3) is 11.6 Å². The highest BCUT2D eigenvalue weighted by Crippen LogP contribution is 2.29. The topological polar surface area (TPSA) is 108 Å². The van der Waals surface area contributed by atoms with Gasteiger partial charge in [0.05, 0.1) is 11.5 Å². The quantitative estimate of drug-likeness (QED) is 0.636. The average molecular weight is 238 g/mol. The minimum Gasteiger partial charge on any atom is -0.334 e. The van der Waals surface area contributed by atoms with Crippen molar-refractivity contribution in [2.24, 2.45) is 5.73 Å². The molecular weight excluding hydrogens is 231 g/mol. The Morgan fingerprint density at radius 3 is 2.88 bits per heavy atom. The number of nitro groups is 1. The van der Waals surface area contributed by atoms with Crippen LogP contribution >= 0.6 is 0 Å². The van der Waals surface area contributed by atoms with E-state index in [1.165, 1.54) is 0 Å². The number of nitrogens with two attached hydrogens (primary N) is 1. The molecule has 2 N–H and O–H groups in total. The van der Waals surface area contributed by atoms with E-state index in [1.807, 2.05) is 0 Å². The number of benzene rings is 1. The molecule has 0 bridgehead atoms. The van der Waals surface area contributed by atoms with Crippen LogP contribution in [0.4, 0.5) is 10.1 Å². The van der Waals surface area contributed by atoms with Crippen molar-refractivity contribution in [2.45, 2.75) is 6.54 Å². The molecule has 0 aliphatic rings. The molecule has 0 fully saturated rings. The maximum Gasteiger partial charge on any atom is 0.282 e. The molecule has 17 heavy (non-hydrogen) atoms. The second-order valence-corrected chi connectivity index (χ2v) is 3.14. The van der Waals surface area contributed by atoms with Gasteiger partial charge in [-0.2, -0.15) is 4.98 Å². The summed E-state index contributed by atoms with van der Waals surface area (Å²) >= 11 is 0. The first-order valence-corrected chi connectivity index (χ1v) is 4.59. The smallest absolute Gasteiger partial charge is 0.282 e. The van der Waals surface area contributed by atoms with Gasteiger partial charge in [-0.3, -0.25) is 10.1 Å². The van der Waals surface area contributed by atoms with Crippen molar-refractivity contribution in [1.82, 2.24) is 10.1 Å². The summed E-state index contributed by atoms with van der Waals surface area (Å²) in [6, 6.07) is 2.99. The highest BCUT2D eigenvalue weighted by Gasteiger charge is 2.21. The predicted octanol–water partition coefficient (Wildman–Crippen LogP) is 1.24. The van der Waals surface area contributed by atoms with Gasteiger partial charge in [0.2, 0.25) is 0 Å². The summed E-state index contributed by atoms with van der Waals surface area (Å²) in [6.45, 7) is 0.0343. The first-order valence-electron chi connectivity index (χ1n) is 4.59. The van der Waals surface area contributed by atoms with E-state index < -0.39 is 10.7 Å². The normalized spacial score (nSPS) is 10.5. The third kappa shape index (κ3) is 2.11. The van der Waals surface area contributed by atoms with E-state index in [4.69, 9.17) is 10.3 Å². The van der Waals surface area contributed by atoms with Crippen LogP contribution in [0.3, 0.4) is 0 Å². The summed E-state index contributed by atoms with van der Waals surface area (Å²) < 4.78 is 17.8. The fraction of sp³-hybridized carbons (Fsp3) is 0.111. The minimum absolute atomic E-state index is 0.0343. The molecule has 1 aromatic heterocycles. The molecule has 2 aromatic rings. The van der Waals surface area contributed by atoms with Crippen molar-refractivity contribution < 1.29 is 13.8 Å². The molecule has 1 heterocycles. The van der Waals surface area contributed by atoms with Gasteiger partial charge in [0.15, 0.2) is 5.82 Å². The monoisotopic (exact) mass is 238 g/mol. The number of nitrogens with zero attached hydrogens (tertiary/aromatic N) is 3. The molecule has 0 radical (unpaired) electrons. The zero-order chi connectivity index (χ0) is 12.4. The van der Waals surface area contributed by atoms with E-state index >= 15 is 0 Å². The molecule has 0 aliphatic carbocycles. The molecule has 0 saturated heterocycles. The number of nitro benzene ring substituents is 1. The Hall–Kier alpha value is -2.35. The lowest BCUT2D eigenvalue weighted by Gasteiger charge is -1.97. The molecule has 8 heteroatoms. The van der Waals surface area contributed by atoms with Crippen molar-refractivity contribution in [1.29, 1.82) is 0 Å². The molecule has 88 valence electrons.